The number of aryl methyl sites for hydroxylation is 2. The molecule has 0 saturated carbocycles. The Kier molecular flexibility index (Phi) is 6.23. The third-order valence-electron chi connectivity index (χ3n) is 4.85. The van der Waals surface area contributed by atoms with Gasteiger partial charge in [-0.15, -0.1) is 10.2 Å². The van der Waals surface area contributed by atoms with Gasteiger partial charge in [0.15, 0.2) is 5.65 Å². The predicted molar refractivity (Wildman–Crippen MR) is 107 cm³/mol. The van der Waals surface area contributed by atoms with E-state index in [0.29, 0.717) is 30.7 Å². The maximum atomic E-state index is 12.5. The van der Waals surface area contributed by atoms with Crippen molar-refractivity contribution in [2.24, 2.45) is 0 Å². The van der Waals surface area contributed by atoms with Crippen LogP contribution in [0.3, 0.4) is 0 Å². The molecular formula is C21H26N4O3. The third kappa shape index (κ3) is 4.30. The van der Waals surface area contributed by atoms with Gasteiger partial charge in [-0.2, -0.15) is 0 Å². The predicted octanol–water partition coefficient (Wildman–Crippen LogP) is 3.26. The molecule has 0 aliphatic heterocycles. The lowest BCUT2D eigenvalue weighted by atomic mass is 10.0. The van der Waals surface area contributed by atoms with Gasteiger partial charge in [-0.05, 0) is 43.5 Å². The molecule has 3 heterocycles. The Morgan fingerprint density at radius 3 is 2.89 bits per heavy atom. The van der Waals surface area contributed by atoms with Crippen molar-refractivity contribution in [3.8, 4) is 0 Å². The number of amides is 1. The minimum absolute atomic E-state index is 0.0837. The van der Waals surface area contributed by atoms with Gasteiger partial charge in [-0.3, -0.25) is 9.20 Å². The minimum Gasteiger partial charge on any atom is -0.427 e. The van der Waals surface area contributed by atoms with E-state index in [4.69, 9.17) is 4.42 Å². The number of carbonyl (C=O) groups excluding carboxylic acids is 1. The zero-order valence-corrected chi connectivity index (χ0v) is 16.6. The van der Waals surface area contributed by atoms with E-state index >= 15 is 0 Å². The highest BCUT2D eigenvalue weighted by Crippen LogP contribution is 2.21. The fourth-order valence-corrected chi connectivity index (χ4v) is 3.32. The molecule has 28 heavy (non-hydrogen) atoms. The molecule has 1 atom stereocenters. The van der Waals surface area contributed by atoms with Crippen molar-refractivity contribution in [1.82, 2.24) is 19.9 Å². The molecule has 7 nitrogen and oxygen atoms in total. The molecule has 0 bridgehead atoms. The summed E-state index contributed by atoms with van der Waals surface area (Å²) in [4.78, 5) is 24.8. The molecule has 0 spiro atoms. The second kappa shape index (κ2) is 8.82. The fraction of sp³-hybridized carbons (Fsp3) is 0.429. The molecule has 1 N–H and O–H groups in total. The van der Waals surface area contributed by atoms with Gasteiger partial charge in [0, 0.05) is 25.1 Å². The summed E-state index contributed by atoms with van der Waals surface area (Å²) >= 11 is 0. The van der Waals surface area contributed by atoms with Gasteiger partial charge in [0.05, 0.1) is 0 Å². The third-order valence-corrected chi connectivity index (χ3v) is 4.85. The Balaban J connectivity index is 1.59. The summed E-state index contributed by atoms with van der Waals surface area (Å²) in [6.45, 7) is 6.32. The lowest BCUT2D eigenvalue weighted by molar-refractivity contribution is 0.0948. The van der Waals surface area contributed by atoms with Gasteiger partial charge in [-0.25, -0.2) is 4.79 Å². The minimum atomic E-state index is -0.570. The van der Waals surface area contributed by atoms with Crippen LogP contribution in [0, 0.1) is 6.92 Å². The normalized spacial score (nSPS) is 12.2. The summed E-state index contributed by atoms with van der Waals surface area (Å²) in [6, 6.07) is 7.54. The number of nitrogens with one attached hydrogen (secondary N) is 1. The Morgan fingerprint density at radius 1 is 1.32 bits per heavy atom. The highest BCUT2D eigenvalue weighted by molar-refractivity contribution is 5.95. The van der Waals surface area contributed by atoms with Crippen LogP contribution < -0.4 is 10.9 Å². The van der Waals surface area contributed by atoms with E-state index in [1.165, 1.54) is 0 Å². The smallest absolute Gasteiger partial charge is 0.349 e. The zero-order chi connectivity index (χ0) is 20.1. The Labute approximate surface area is 163 Å². The summed E-state index contributed by atoms with van der Waals surface area (Å²) in [7, 11) is 0. The first-order valence-electron chi connectivity index (χ1n) is 9.72. The number of hydrogen-bond acceptors (Lipinski definition) is 5. The van der Waals surface area contributed by atoms with Crippen LogP contribution in [0.5, 0.6) is 0 Å². The van der Waals surface area contributed by atoms with Gasteiger partial charge in [0.2, 0.25) is 0 Å². The van der Waals surface area contributed by atoms with Crippen molar-refractivity contribution in [2.75, 3.05) is 6.54 Å². The van der Waals surface area contributed by atoms with E-state index in [-0.39, 0.29) is 11.5 Å². The number of pyridine rings is 1. The molecular weight excluding hydrogens is 356 g/mol. The molecule has 1 amide bonds. The van der Waals surface area contributed by atoms with Crippen LogP contribution in [-0.4, -0.2) is 27.0 Å². The maximum Gasteiger partial charge on any atom is 0.349 e. The van der Waals surface area contributed by atoms with E-state index in [1.54, 1.807) is 13.0 Å². The highest BCUT2D eigenvalue weighted by atomic mass is 16.4. The first kappa shape index (κ1) is 19.8. The summed E-state index contributed by atoms with van der Waals surface area (Å²) in [5.74, 6) is 1.24. The first-order chi connectivity index (χ1) is 13.5. The standard InChI is InChI=1S/C21H26N4O3/c1-4-8-14(2)16-13-15(3)19(21(27)28-16)20(26)22-11-7-10-18-24-23-17-9-5-6-12-25(17)18/h5-6,9,12-14H,4,7-8,10-11H2,1-3H3,(H,22,26). The van der Waals surface area contributed by atoms with Crippen molar-refractivity contribution in [2.45, 2.75) is 52.4 Å². The second-order valence-electron chi connectivity index (χ2n) is 7.09. The summed E-state index contributed by atoms with van der Waals surface area (Å²) in [6.07, 6.45) is 5.22. The molecule has 148 valence electrons. The van der Waals surface area contributed by atoms with Crippen LogP contribution >= 0.6 is 0 Å². The highest BCUT2D eigenvalue weighted by Gasteiger charge is 2.18. The van der Waals surface area contributed by atoms with E-state index in [0.717, 1.165) is 24.3 Å². The quantitative estimate of drug-likeness (QED) is 0.604. The molecule has 0 fully saturated rings. The van der Waals surface area contributed by atoms with Crippen LogP contribution in [0.25, 0.3) is 5.65 Å². The Morgan fingerprint density at radius 2 is 2.14 bits per heavy atom. The van der Waals surface area contributed by atoms with Gasteiger partial charge in [0.25, 0.3) is 5.91 Å². The molecule has 0 aliphatic rings. The lowest BCUT2D eigenvalue weighted by Crippen LogP contribution is -2.30. The van der Waals surface area contributed by atoms with E-state index in [1.807, 2.05) is 35.7 Å². The number of fused-ring (bicyclic) bond motifs is 1. The summed E-state index contributed by atoms with van der Waals surface area (Å²) < 4.78 is 7.33. The van der Waals surface area contributed by atoms with Crippen LogP contribution in [0.2, 0.25) is 0 Å². The molecule has 0 aliphatic carbocycles. The average molecular weight is 382 g/mol. The van der Waals surface area contributed by atoms with Gasteiger partial charge in [0.1, 0.15) is 17.1 Å². The number of rotatable bonds is 8. The van der Waals surface area contributed by atoms with Crippen molar-refractivity contribution in [3.63, 3.8) is 0 Å². The SMILES string of the molecule is CCCC(C)c1cc(C)c(C(=O)NCCCc2nnc3ccccn23)c(=O)o1. The van der Waals surface area contributed by atoms with Crippen LogP contribution in [0.15, 0.2) is 39.7 Å². The monoisotopic (exact) mass is 382 g/mol. The summed E-state index contributed by atoms with van der Waals surface area (Å²) in [5, 5.41) is 11.1. The van der Waals surface area contributed by atoms with Crippen molar-refractivity contribution in [3.05, 3.63) is 63.6 Å². The number of hydrogen-bond donors (Lipinski definition) is 1. The number of nitrogens with zero attached hydrogens (tertiary/aromatic N) is 3. The van der Waals surface area contributed by atoms with E-state index < -0.39 is 11.5 Å². The Bertz CT molecular complexity index is 1020. The van der Waals surface area contributed by atoms with E-state index in [2.05, 4.69) is 22.4 Å². The molecule has 3 aromatic rings. The molecule has 1 unspecified atom stereocenters. The largest absolute Gasteiger partial charge is 0.427 e. The summed E-state index contributed by atoms with van der Waals surface area (Å²) in [5.41, 5.74) is 0.960. The van der Waals surface area contributed by atoms with Gasteiger partial charge in [-0.1, -0.05) is 26.3 Å². The van der Waals surface area contributed by atoms with E-state index in [9.17, 15) is 9.59 Å². The first-order valence-corrected chi connectivity index (χ1v) is 9.72. The van der Waals surface area contributed by atoms with Crippen molar-refractivity contribution >= 4 is 11.6 Å². The zero-order valence-electron chi connectivity index (χ0n) is 16.6. The molecule has 3 rings (SSSR count). The Hall–Kier alpha value is -2.96. The van der Waals surface area contributed by atoms with Crippen LogP contribution in [-0.2, 0) is 6.42 Å². The second-order valence-corrected chi connectivity index (χ2v) is 7.09. The molecule has 0 saturated heterocycles. The van der Waals surface area contributed by atoms with Gasteiger partial charge < -0.3 is 9.73 Å². The number of aromatic nitrogens is 3. The topological polar surface area (TPSA) is 89.5 Å². The molecule has 0 aromatic carbocycles. The fourth-order valence-electron chi connectivity index (χ4n) is 3.32. The van der Waals surface area contributed by atoms with Crippen molar-refractivity contribution < 1.29 is 9.21 Å². The number of carbonyl (C=O) groups is 1. The van der Waals surface area contributed by atoms with Crippen LogP contribution in [0.4, 0.5) is 0 Å². The molecule has 0 radical (unpaired) electrons. The van der Waals surface area contributed by atoms with Gasteiger partial charge >= 0.3 is 5.63 Å². The lowest BCUT2D eigenvalue weighted by Gasteiger charge is -2.12. The van der Waals surface area contributed by atoms with Crippen molar-refractivity contribution in [1.29, 1.82) is 0 Å². The maximum absolute atomic E-state index is 12.5. The molecule has 3 aromatic heterocycles. The molecule has 7 heteroatoms. The van der Waals surface area contributed by atoms with Crippen LogP contribution in [0.1, 0.15) is 66.5 Å². The average Bonchev–Trinajstić information content (AvgIpc) is 3.08.